The molecule has 1 unspecified atom stereocenters. The number of nitrogens with one attached hydrogen (secondary N) is 1. The largest absolute Gasteiger partial charge is 0.492 e. The molecule has 1 atom stereocenters. The smallest absolute Gasteiger partial charge is 0.237 e. The van der Waals surface area contributed by atoms with E-state index >= 15 is 0 Å². The third kappa shape index (κ3) is 5.40. The number of halogens is 1. The van der Waals surface area contributed by atoms with Crippen molar-refractivity contribution in [3.05, 3.63) is 42.7 Å². The molecule has 20 heavy (non-hydrogen) atoms. The second-order valence-corrected chi connectivity index (χ2v) is 4.49. The molecule has 0 aromatic heterocycles. The highest BCUT2D eigenvalue weighted by molar-refractivity contribution is 5.81. The van der Waals surface area contributed by atoms with Gasteiger partial charge in [-0.25, -0.2) is 4.39 Å². The molecular weight excluding hydrogens is 259 g/mol. The van der Waals surface area contributed by atoms with Crippen LogP contribution in [0.2, 0.25) is 0 Å². The topological polar surface area (TPSA) is 41.6 Å². The summed E-state index contributed by atoms with van der Waals surface area (Å²) in [4.78, 5) is 13.6. The van der Waals surface area contributed by atoms with Crippen LogP contribution in [0, 0.1) is 5.82 Å². The van der Waals surface area contributed by atoms with Crippen LogP contribution in [0.5, 0.6) is 5.75 Å². The molecule has 1 aromatic rings. The zero-order valence-electron chi connectivity index (χ0n) is 11.9. The molecule has 1 amide bonds. The van der Waals surface area contributed by atoms with Crippen molar-refractivity contribution in [3.8, 4) is 5.75 Å². The van der Waals surface area contributed by atoms with Gasteiger partial charge in [-0.1, -0.05) is 6.08 Å². The number of likely N-dealkylation sites (N-methyl/N-ethyl adjacent to an activating group) is 1. The van der Waals surface area contributed by atoms with Crippen LogP contribution in [0.4, 0.5) is 4.39 Å². The molecule has 0 radical (unpaired) electrons. The van der Waals surface area contributed by atoms with Crippen molar-refractivity contribution in [2.24, 2.45) is 0 Å². The van der Waals surface area contributed by atoms with Gasteiger partial charge in [0.2, 0.25) is 5.91 Å². The van der Waals surface area contributed by atoms with Crippen molar-refractivity contribution in [2.75, 3.05) is 26.7 Å². The molecule has 0 aliphatic carbocycles. The van der Waals surface area contributed by atoms with Crippen LogP contribution in [0.15, 0.2) is 36.9 Å². The van der Waals surface area contributed by atoms with Crippen molar-refractivity contribution >= 4 is 5.91 Å². The van der Waals surface area contributed by atoms with E-state index in [9.17, 15) is 9.18 Å². The van der Waals surface area contributed by atoms with Crippen molar-refractivity contribution < 1.29 is 13.9 Å². The number of carbonyl (C=O) groups excluding carboxylic acids is 1. The SMILES string of the molecule is C=CCNC(=O)C(C)N(C)CCOc1ccc(F)cc1. The fourth-order valence-electron chi connectivity index (χ4n) is 1.55. The van der Waals surface area contributed by atoms with Gasteiger partial charge >= 0.3 is 0 Å². The summed E-state index contributed by atoms with van der Waals surface area (Å²) >= 11 is 0. The third-order valence-corrected chi connectivity index (χ3v) is 2.99. The molecule has 110 valence electrons. The molecule has 0 spiro atoms. The summed E-state index contributed by atoms with van der Waals surface area (Å²) in [6.45, 7) is 6.87. The Bertz CT molecular complexity index is 434. The maximum Gasteiger partial charge on any atom is 0.237 e. The quantitative estimate of drug-likeness (QED) is 0.739. The number of hydrogen-bond acceptors (Lipinski definition) is 3. The number of ether oxygens (including phenoxy) is 1. The summed E-state index contributed by atoms with van der Waals surface area (Å²) in [5.74, 6) is 0.278. The highest BCUT2D eigenvalue weighted by Gasteiger charge is 2.16. The van der Waals surface area contributed by atoms with E-state index in [1.807, 2.05) is 18.9 Å². The predicted octanol–water partition coefficient (Wildman–Crippen LogP) is 1.83. The van der Waals surface area contributed by atoms with Gasteiger partial charge in [0.25, 0.3) is 0 Å². The predicted molar refractivity (Wildman–Crippen MR) is 77.2 cm³/mol. The van der Waals surface area contributed by atoms with E-state index < -0.39 is 0 Å². The molecule has 0 heterocycles. The van der Waals surface area contributed by atoms with Crippen LogP contribution in [0.1, 0.15) is 6.92 Å². The first-order valence-electron chi connectivity index (χ1n) is 6.51. The minimum absolute atomic E-state index is 0.0471. The van der Waals surface area contributed by atoms with Crippen LogP contribution in [-0.4, -0.2) is 43.6 Å². The molecule has 1 aromatic carbocycles. The summed E-state index contributed by atoms with van der Waals surface area (Å²) in [6, 6.07) is 5.62. The van der Waals surface area contributed by atoms with E-state index in [-0.39, 0.29) is 17.8 Å². The van der Waals surface area contributed by atoms with Gasteiger partial charge in [-0.3, -0.25) is 9.69 Å². The maximum atomic E-state index is 12.7. The standard InChI is InChI=1S/C15H21FN2O2/c1-4-9-17-15(19)12(2)18(3)10-11-20-14-7-5-13(16)6-8-14/h4-8,12H,1,9-11H2,2-3H3,(H,17,19). The Kier molecular flexibility index (Phi) is 6.73. The average Bonchev–Trinajstić information content (AvgIpc) is 2.45. The molecule has 1 N–H and O–H groups in total. The molecular formula is C15H21FN2O2. The normalized spacial score (nSPS) is 12.0. The Morgan fingerprint density at radius 1 is 1.50 bits per heavy atom. The molecule has 0 saturated carbocycles. The lowest BCUT2D eigenvalue weighted by Crippen LogP contribution is -2.44. The Balaban J connectivity index is 2.31. The molecule has 0 aliphatic rings. The molecule has 1 rings (SSSR count). The first kappa shape index (κ1) is 16.2. The van der Waals surface area contributed by atoms with Crippen molar-refractivity contribution in [1.82, 2.24) is 10.2 Å². The van der Waals surface area contributed by atoms with Gasteiger partial charge in [0, 0.05) is 13.1 Å². The molecule has 0 aliphatic heterocycles. The Morgan fingerprint density at radius 3 is 2.75 bits per heavy atom. The Labute approximate surface area is 119 Å². The number of amides is 1. The summed E-state index contributed by atoms with van der Waals surface area (Å²) in [7, 11) is 1.85. The van der Waals surface area contributed by atoms with Crippen LogP contribution in [-0.2, 0) is 4.79 Å². The Hall–Kier alpha value is -1.88. The van der Waals surface area contributed by atoms with E-state index in [0.29, 0.717) is 25.4 Å². The molecule has 0 saturated heterocycles. The van der Waals surface area contributed by atoms with Gasteiger partial charge in [-0.2, -0.15) is 0 Å². The van der Waals surface area contributed by atoms with E-state index in [4.69, 9.17) is 4.74 Å². The second-order valence-electron chi connectivity index (χ2n) is 4.49. The van der Waals surface area contributed by atoms with Crippen molar-refractivity contribution in [2.45, 2.75) is 13.0 Å². The Morgan fingerprint density at radius 2 is 2.15 bits per heavy atom. The maximum absolute atomic E-state index is 12.7. The zero-order valence-corrected chi connectivity index (χ0v) is 11.9. The lowest BCUT2D eigenvalue weighted by atomic mass is 10.2. The van der Waals surface area contributed by atoms with Crippen molar-refractivity contribution in [1.29, 1.82) is 0 Å². The first-order valence-corrected chi connectivity index (χ1v) is 6.51. The third-order valence-electron chi connectivity index (χ3n) is 2.99. The fourth-order valence-corrected chi connectivity index (χ4v) is 1.55. The monoisotopic (exact) mass is 280 g/mol. The lowest BCUT2D eigenvalue weighted by Gasteiger charge is -2.23. The number of rotatable bonds is 8. The molecule has 0 fully saturated rings. The number of hydrogen-bond donors (Lipinski definition) is 1. The minimum Gasteiger partial charge on any atom is -0.492 e. The minimum atomic E-state index is -0.290. The second kappa shape index (κ2) is 8.32. The van der Waals surface area contributed by atoms with Gasteiger partial charge in [0.1, 0.15) is 18.2 Å². The summed E-state index contributed by atoms with van der Waals surface area (Å²) in [6.07, 6.45) is 1.64. The van der Waals surface area contributed by atoms with Gasteiger partial charge < -0.3 is 10.1 Å². The van der Waals surface area contributed by atoms with Crippen LogP contribution in [0.3, 0.4) is 0 Å². The number of benzene rings is 1. The molecule has 4 nitrogen and oxygen atoms in total. The summed E-state index contributed by atoms with van der Waals surface area (Å²) in [5.41, 5.74) is 0. The van der Waals surface area contributed by atoms with Gasteiger partial charge in [0.05, 0.1) is 6.04 Å². The first-order chi connectivity index (χ1) is 9.54. The summed E-state index contributed by atoms with van der Waals surface area (Å²) < 4.78 is 18.2. The van der Waals surface area contributed by atoms with Crippen LogP contribution in [0.25, 0.3) is 0 Å². The van der Waals surface area contributed by atoms with Gasteiger partial charge in [-0.15, -0.1) is 6.58 Å². The highest BCUT2D eigenvalue weighted by atomic mass is 19.1. The highest BCUT2D eigenvalue weighted by Crippen LogP contribution is 2.10. The van der Waals surface area contributed by atoms with E-state index in [1.165, 1.54) is 12.1 Å². The fraction of sp³-hybridized carbons (Fsp3) is 0.400. The molecule has 5 heteroatoms. The summed E-state index contributed by atoms with van der Waals surface area (Å²) in [5, 5.41) is 2.75. The van der Waals surface area contributed by atoms with E-state index in [1.54, 1.807) is 18.2 Å². The van der Waals surface area contributed by atoms with Gasteiger partial charge in [-0.05, 0) is 38.2 Å². The zero-order chi connectivity index (χ0) is 15.0. The van der Waals surface area contributed by atoms with E-state index in [0.717, 1.165) is 0 Å². The number of nitrogens with zero attached hydrogens (tertiary/aromatic N) is 1. The van der Waals surface area contributed by atoms with E-state index in [2.05, 4.69) is 11.9 Å². The average molecular weight is 280 g/mol. The van der Waals surface area contributed by atoms with Gasteiger partial charge in [0.15, 0.2) is 0 Å². The number of carbonyl (C=O) groups is 1. The lowest BCUT2D eigenvalue weighted by molar-refractivity contribution is -0.125. The van der Waals surface area contributed by atoms with Crippen LogP contribution >= 0.6 is 0 Å². The molecule has 0 bridgehead atoms. The van der Waals surface area contributed by atoms with Crippen LogP contribution < -0.4 is 10.1 Å². The van der Waals surface area contributed by atoms with Crippen molar-refractivity contribution in [3.63, 3.8) is 0 Å².